The number of hydrogen-bond donors (Lipinski definition) is 1. The molecule has 1 aromatic carbocycles. The summed E-state index contributed by atoms with van der Waals surface area (Å²) in [7, 11) is 2.03. The molecule has 0 bridgehead atoms. The Hall–Kier alpha value is -0.0600. The van der Waals surface area contributed by atoms with Crippen molar-refractivity contribution in [3.05, 3.63) is 44.0 Å². The zero-order chi connectivity index (χ0) is 13.0. The molecule has 18 heavy (non-hydrogen) atoms. The van der Waals surface area contributed by atoms with Crippen molar-refractivity contribution < 1.29 is 0 Å². The Morgan fingerprint density at radius 2 is 2.11 bits per heavy atom. The summed E-state index contributed by atoms with van der Waals surface area (Å²) in [6.45, 7) is 0. The van der Waals surface area contributed by atoms with E-state index in [1.165, 1.54) is 43.2 Å². The van der Waals surface area contributed by atoms with Gasteiger partial charge >= 0.3 is 0 Å². The molecule has 0 radical (unpaired) electrons. The number of halogens is 2. The summed E-state index contributed by atoms with van der Waals surface area (Å²) in [6, 6.07) is 6.69. The number of rotatable bonds is 3. The van der Waals surface area contributed by atoms with E-state index < -0.39 is 0 Å². The van der Waals surface area contributed by atoms with Crippen molar-refractivity contribution in [1.29, 1.82) is 0 Å². The van der Waals surface area contributed by atoms with Gasteiger partial charge in [-0.1, -0.05) is 35.7 Å². The van der Waals surface area contributed by atoms with Gasteiger partial charge in [-0.15, -0.1) is 0 Å². The summed E-state index contributed by atoms with van der Waals surface area (Å²) in [5.41, 5.74) is 2.79. The lowest BCUT2D eigenvalue weighted by atomic mass is 9.95. The fraction of sp³-hybridized carbons (Fsp3) is 0.467. The predicted molar refractivity (Wildman–Crippen MR) is 87.1 cm³/mol. The maximum atomic E-state index is 6.23. The molecule has 1 aromatic rings. The van der Waals surface area contributed by atoms with Crippen LogP contribution in [0.3, 0.4) is 0 Å². The normalized spacial score (nSPS) is 18.1. The first-order valence-corrected chi connectivity index (χ1v) is 7.99. The first-order chi connectivity index (χ1) is 8.72. The van der Waals surface area contributed by atoms with Crippen molar-refractivity contribution in [3.8, 4) is 0 Å². The molecule has 0 aliphatic heterocycles. The van der Waals surface area contributed by atoms with Gasteiger partial charge in [0.1, 0.15) is 0 Å². The molecule has 1 atom stereocenters. The lowest BCUT2D eigenvalue weighted by Gasteiger charge is -2.20. The average Bonchev–Trinajstić information content (AvgIpc) is 2.64. The van der Waals surface area contributed by atoms with Crippen molar-refractivity contribution in [2.24, 2.45) is 0 Å². The molecule has 0 saturated carbocycles. The molecule has 1 N–H and O–H groups in total. The van der Waals surface area contributed by atoms with Crippen LogP contribution in [0.2, 0.25) is 5.02 Å². The van der Waals surface area contributed by atoms with E-state index in [1.807, 2.05) is 7.05 Å². The number of benzene rings is 1. The number of likely N-dealkylation sites (N-methyl/N-ethyl adjacent to an activating group) is 1. The van der Waals surface area contributed by atoms with E-state index in [1.54, 1.807) is 0 Å². The molecule has 1 aliphatic rings. The summed E-state index contributed by atoms with van der Waals surface area (Å²) in [6.07, 6.45) is 8.82. The molecule has 98 valence electrons. The second kappa shape index (κ2) is 6.92. The highest BCUT2D eigenvalue weighted by molar-refractivity contribution is 14.1. The summed E-state index contributed by atoms with van der Waals surface area (Å²) < 4.78 is 1.11. The van der Waals surface area contributed by atoms with Crippen molar-refractivity contribution in [2.45, 2.75) is 38.1 Å². The minimum absolute atomic E-state index is 0.317. The second-order valence-electron chi connectivity index (χ2n) is 4.77. The Labute approximate surface area is 128 Å². The monoisotopic (exact) mass is 375 g/mol. The maximum absolute atomic E-state index is 6.23. The van der Waals surface area contributed by atoms with E-state index in [-0.39, 0.29) is 0 Å². The van der Waals surface area contributed by atoms with Gasteiger partial charge in [-0.25, -0.2) is 0 Å². The first kappa shape index (κ1) is 14.4. The Balaban J connectivity index is 2.26. The van der Waals surface area contributed by atoms with Gasteiger partial charge in [0.05, 0.1) is 11.1 Å². The first-order valence-electron chi connectivity index (χ1n) is 6.53. The minimum Gasteiger partial charge on any atom is -0.310 e. The van der Waals surface area contributed by atoms with Gasteiger partial charge in [0.2, 0.25) is 0 Å². The third kappa shape index (κ3) is 3.49. The van der Waals surface area contributed by atoms with E-state index in [0.29, 0.717) is 6.04 Å². The van der Waals surface area contributed by atoms with Crippen molar-refractivity contribution >= 4 is 34.2 Å². The second-order valence-corrected chi connectivity index (χ2v) is 6.34. The van der Waals surface area contributed by atoms with E-state index in [4.69, 9.17) is 11.6 Å². The molecule has 0 fully saturated rings. The highest BCUT2D eigenvalue weighted by Crippen LogP contribution is 2.31. The van der Waals surface area contributed by atoms with Gasteiger partial charge in [-0.2, -0.15) is 0 Å². The molecule has 3 heteroatoms. The van der Waals surface area contributed by atoms with Crippen molar-refractivity contribution in [2.75, 3.05) is 7.05 Å². The van der Waals surface area contributed by atoms with E-state index in [9.17, 15) is 0 Å². The molecule has 1 aliphatic carbocycles. The number of nitrogens with one attached hydrogen (secondary N) is 1. The van der Waals surface area contributed by atoms with Crippen LogP contribution in [0.25, 0.3) is 0 Å². The zero-order valence-corrected chi connectivity index (χ0v) is 13.6. The van der Waals surface area contributed by atoms with Crippen LogP contribution in [-0.2, 0) is 0 Å². The highest BCUT2D eigenvalue weighted by Gasteiger charge is 2.16. The third-order valence-corrected chi connectivity index (χ3v) is 5.08. The van der Waals surface area contributed by atoms with Crippen LogP contribution < -0.4 is 5.32 Å². The van der Waals surface area contributed by atoms with E-state index in [2.05, 4.69) is 52.2 Å². The lowest BCUT2D eigenvalue weighted by molar-refractivity contribution is 0.628. The molecule has 1 unspecified atom stereocenters. The van der Waals surface area contributed by atoms with Crippen LogP contribution in [0.15, 0.2) is 29.8 Å². The Bertz CT molecular complexity index is 442. The number of allylic oxidation sites excluding steroid dienone is 1. The average molecular weight is 376 g/mol. The largest absolute Gasteiger partial charge is 0.310 e. The lowest BCUT2D eigenvalue weighted by Crippen LogP contribution is -2.18. The molecule has 0 spiro atoms. The molecule has 0 saturated heterocycles. The van der Waals surface area contributed by atoms with Gasteiger partial charge in [0.15, 0.2) is 0 Å². The fourth-order valence-corrected chi connectivity index (χ4v) is 3.08. The fourth-order valence-electron chi connectivity index (χ4n) is 2.56. The Morgan fingerprint density at radius 3 is 2.83 bits per heavy atom. The van der Waals surface area contributed by atoms with Crippen LogP contribution in [0.5, 0.6) is 0 Å². The van der Waals surface area contributed by atoms with Crippen molar-refractivity contribution in [1.82, 2.24) is 5.32 Å². The zero-order valence-electron chi connectivity index (χ0n) is 10.7. The Kier molecular flexibility index (Phi) is 5.52. The summed E-state index contributed by atoms with van der Waals surface area (Å²) in [5.74, 6) is 0. The Morgan fingerprint density at radius 1 is 1.28 bits per heavy atom. The van der Waals surface area contributed by atoms with Crippen LogP contribution in [0.4, 0.5) is 0 Å². The SMILES string of the molecule is CNC(C1=CCCCCC1)c1ccc(I)c(Cl)c1. The highest BCUT2D eigenvalue weighted by atomic mass is 127. The van der Waals surface area contributed by atoms with Gasteiger partial charge in [-0.3, -0.25) is 0 Å². The molecule has 0 amide bonds. The predicted octanol–water partition coefficient (Wildman–Crippen LogP) is 5.10. The van der Waals surface area contributed by atoms with Crippen LogP contribution >= 0.6 is 34.2 Å². The number of hydrogen-bond acceptors (Lipinski definition) is 1. The summed E-state index contributed by atoms with van der Waals surface area (Å²) >= 11 is 8.50. The van der Waals surface area contributed by atoms with Gasteiger partial charge in [0.25, 0.3) is 0 Å². The quantitative estimate of drug-likeness (QED) is 0.573. The minimum atomic E-state index is 0.317. The topological polar surface area (TPSA) is 12.0 Å². The maximum Gasteiger partial charge on any atom is 0.0542 e. The van der Waals surface area contributed by atoms with E-state index in [0.717, 1.165) is 8.59 Å². The van der Waals surface area contributed by atoms with Crippen LogP contribution in [0, 0.1) is 3.57 Å². The molecule has 0 heterocycles. The molecule has 1 nitrogen and oxygen atoms in total. The van der Waals surface area contributed by atoms with E-state index >= 15 is 0 Å². The van der Waals surface area contributed by atoms with Gasteiger partial charge in [0, 0.05) is 3.57 Å². The summed E-state index contributed by atoms with van der Waals surface area (Å²) in [5, 5.41) is 4.28. The van der Waals surface area contributed by atoms with Gasteiger partial charge in [-0.05, 0) is 73.0 Å². The van der Waals surface area contributed by atoms with Crippen molar-refractivity contribution in [3.63, 3.8) is 0 Å². The smallest absolute Gasteiger partial charge is 0.0542 e. The molecule has 0 aromatic heterocycles. The third-order valence-electron chi connectivity index (χ3n) is 3.51. The summed E-state index contributed by atoms with van der Waals surface area (Å²) in [4.78, 5) is 0. The molecular weight excluding hydrogens is 357 g/mol. The van der Waals surface area contributed by atoms with Gasteiger partial charge < -0.3 is 5.32 Å². The molecular formula is C15H19ClIN. The molecule has 2 rings (SSSR count). The van der Waals surface area contributed by atoms with Crippen LogP contribution in [0.1, 0.15) is 43.7 Å². The van der Waals surface area contributed by atoms with Crippen LogP contribution in [-0.4, -0.2) is 7.05 Å². The standard InChI is InChI=1S/C15H19ClIN/c1-18-15(11-6-4-2-3-5-7-11)12-8-9-14(17)13(16)10-12/h6,8-10,15,18H,2-5,7H2,1H3.